The Morgan fingerprint density at radius 3 is 2.22 bits per heavy atom. The molecule has 1 heterocycles. The maximum atomic E-state index is 12.5. The molecule has 1 aliphatic heterocycles. The number of benzene rings is 2. The number of nitro benzene ring substituents is 1. The van der Waals surface area contributed by atoms with E-state index in [0.29, 0.717) is 37.4 Å². The lowest BCUT2D eigenvalue weighted by Gasteiger charge is -2.36. The molecule has 1 fully saturated rings. The third kappa shape index (κ3) is 4.22. The molecule has 0 aliphatic carbocycles. The second kappa shape index (κ2) is 7.86. The number of nitro groups is 1. The summed E-state index contributed by atoms with van der Waals surface area (Å²) in [6.07, 6.45) is 0. The zero-order valence-corrected chi connectivity index (χ0v) is 14.9. The smallest absolute Gasteiger partial charge is 0.269 e. The number of hydrogen-bond donors (Lipinski definition) is 1. The molecule has 0 aromatic heterocycles. The van der Waals surface area contributed by atoms with E-state index < -0.39 is 4.92 Å². The van der Waals surface area contributed by atoms with E-state index in [1.165, 1.54) is 24.3 Å². The highest BCUT2D eigenvalue weighted by atomic mass is 16.6. The van der Waals surface area contributed by atoms with Gasteiger partial charge >= 0.3 is 0 Å². The van der Waals surface area contributed by atoms with Crippen molar-refractivity contribution in [2.75, 3.05) is 36.4 Å². The summed E-state index contributed by atoms with van der Waals surface area (Å²) in [4.78, 5) is 38.2. The van der Waals surface area contributed by atoms with Crippen LogP contribution < -0.4 is 10.2 Å². The molecule has 2 amide bonds. The molecule has 140 valence electrons. The van der Waals surface area contributed by atoms with Crippen molar-refractivity contribution >= 4 is 28.9 Å². The molecule has 1 saturated heterocycles. The fourth-order valence-electron chi connectivity index (χ4n) is 3.05. The molecule has 27 heavy (non-hydrogen) atoms. The molecule has 1 N–H and O–H groups in total. The van der Waals surface area contributed by atoms with Gasteiger partial charge in [-0.2, -0.15) is 0 Å². The standard InChI is InChI=1S/C19H20N4O4/c1-14(24)21-10-12-22(13-11-21)18-5-3-2-4-17(18)20-19(25)15-6-8-16(9-7-15)23(26)27/h2-9H,10-13H2,1H3,(H,20,25). The summed E-state index contributed by atoms with van der Waals surface area (Å²) in [7, 11) is 0. The van der Waals surface area contributed by atoms with Crippen molar-refractivity contribution in [2.45, 2.75) is 6.92 Å². The number of rotatable bonds is 4. The normalized spacial score (nSPS) is 14.0. The molecule has 0 spiro atoms. The van der Waals surface area contributed by atoms with E-state index in [4.69, 9.17) is 0 Å². The lowest BCUT2D eigenvalue weighted by molar-refractivity contribution is -0.384. The van der Waals surface area contributed by atoms with Crippen LogP contribution in [0.1, 0.15) is 17.3 Å². The Labute approximate surface area is 156 Å². The van der Waals surface area contributed by atoms with Gasteiger partial charge in [0.1, 0.15) is 0 Å². The van der Waals surface area contributed by atoms with Crippen LogP contribution in [0.4, 0.5) is 17.1 Å². The molecule has 3 rings (SSSR count). The third-order valence-corrected chi connectivity index (χ3v) is 4.56. The van der Waals surface area contributed by atoms with Gasteiger partial charge in [-0.15, -0.1) is 0 Å². The summed E-state index contributed by atoms with van der Waals surface area (Å²) in [5.74, 6) is -0.269. The Morgan fingerprint density at radius 2 is 1.63 bits per heavy atom. The number of amides is 2. The summed E-state index contributed by atoms with van der Waals surface area (Å²) in [6.45, 7) is 4.21. The van der Waals surface area contributed by atoms with Gasteiger partial charge in [-0.3, -0.25) is 19.7 Å². The Balaban J connectivity index is 1.73. The molecule has 1 aliphatic rings. The fourth-order valence-corrected chi connectivity index (χ4v) is 3.05. The van der Waals surface area contributed by atoms with Gasteiger partial charge in [0, 0.05) is 50.8 Å². The minimum atomic E-state index is -0.502. The Kier molecular flexibility index (Phi) is 5.35. The van der Waals surface area contributed by atoms with E-state index in [-0.39, 0.29) is 17.5 Å². The van der Waals surface area contributed by atoms with E-state index in [2.05, 4.69) is 10.2 Å². The molecule has 8 nitrogen and oxygen atoms in total. The quantitative estimate of drug-likeness (QED) is 0.661. The van der Waals surface area contributed by atoms with Crippen LogP contribution in [0.2, 0.25) is 0 Å². The lowest BCUT2D eigenvalue weighted by Crippen LogP contribution is -2.48. The number of piperazine rings is 1. The Hall–Kier alpha value is -3.42. The van der Waals surface area contributed by atoms with Gasteiger partial charge < -0.3 is 15.1 Å². The fraction of sp³-hybridized carbons (Fsp3) is 0.263. The molecule has 2 aromatic rings. The number of anilines is 2. The van der Waals surface area contributed by atoms with Crippen molar-refractivity contribution in [3.8, 4) is 0 Å². The van der Waals surface area contributed by atoms with Crippen LogP contribution in [-0.4, -0.2) is 47.8 Å². The Morgan fingerprint density at radius 1 is 1.00 bits per heavy atom. The van der Waals surface area contributed by atoms with Crippen molar-refractivity contribution in [3.05, 3.63) is 64.2 Å². The van der Waals surface area contributed by atoms with Crippen molar-refractivity contribution in [1.82, 2.24) is 4.90 Å². The second-order valence-electron chi connectivity index (χ2n) is 6.27. The maximum Gasteiger partial charge on any atom is 0.269 e. The first-order valence-electron chi connectivity index (χ1n) is 8.61. The van der Waals surface area contributed by atoms with Crippen molar-refractivity contribution in [2.24, 2.45) is 0 Å². The van der Waals surface area contributed by atoms with E-state index in [1.54, 1.807) is 11.8 Å². The van der Waals surface area contributed by atoms with Crippen LogP contribution in [0.5, 0.6) is 0 Å². The van der Waals surface area contributed by atoms with Gasteiger partial charge in [0.25, 0.3) is 11.6 Å². The molecular formula is C19H20N4O4. The topological polar surface area (TPSA) is 95.8 Å². The predicted molar refractivity (Wildman–Crippen MR) is 102 cm³/mol. The van der Waals surface area contributed by atoms with E-state index in [1.807, 2.05) is 24.3 Å². The average molecular weight is 368 g/mol. The minimum absolute atomic E-state index is 0.0599. The number of nitrogens with zero attached hydrogens (tertiary/aromatic N) is 3. The minimum Gasteiger partial charge on any atom is -0.366 e. The van der Waals surface area contributed by atoms with Gasteiger partial charge in [0.05, 0.1) is 16.3 Å². The van der Waals surface area contributed by atoms with Gasteiger partial charge in [0.2, 0.25) is 5.91 Å². The number of non-ortho nitro benzene ring substituents is 1. The van der Waals surface area contributed by atoms with Gasteiger partial charge in [-0.25, -0.2) is 0 Å². The first-order chi connectivity index (χ1) is 13.0. The highest BCUT2D eigenvalue weighted by molar-refractivity contribution is 6.06. The second-order valence-corrected chi connectivity index (χ2v) is 6.27. The third-order valence-electron chi connectivity index (χ3n) is 4.56. The molecule has 8 heteroatoms. The van der Waals surface area contributed by atoms with Crippen molar-refractivity contribution in [3.63, 3.8) is 0 Å². The van der Waals surface area contributed by atoms with Crippen LogP contribution in [0.15, 0.2) is 48.5 Å². The number of carbonyl (C=O) groups is 2. The Bertz CT molecular complexity index is 858. The van der Waals surface area contributed by atoms with Crippen LogP contribution in [0, 0.1) is 10.1 Å². The summed E-state index contributed by atoms with van der Waals surface area (Å²) < 4.78 is 0. The number of para-hydroxylation sites is 2. The molecule has 0 atom stereocenters. The average Bonchev–Trinajstić information content (AvgIpc) is 2.68. The van der Waals surface area contributed by atoms with E-state index in [0.717, 1.165) is 5.69 Å². The molecule has 2 aromatic carbocycles. The molecule has 0 saturated carbocycles. The van der Waals surface area contributed by atoms with E-state index in [9.17, 15) is 19.7 Å². The molecule has 0 unspecified atom stereocenters. The summed E-state index contributed by atoms with van der Waals surface area (Å²) in [5.41, 5.74) is 1.83. The zero-order valence-electron chi connectivity index (χ0n) is 14.9. The molecular weight excluding hydrogens is 348 g/mol. The van der Waals surface area contributed by atoms with Gasteiger partial charge in [0.15, 0.2) is 0 Å². The van der Waals surface area contributed by atoms with Crippen molar-refractivity contribution < 1.29 is 14.5 Å². The van der Waals surface area contributed by atoms with Crippen molar-refractivity contribution in [1.29, 1.82) is 0 Å². The highest BCUT2D eigenvalue weighted by Gasteiger charge is 2.21. The number of hydrogen-bond acceptors (Lipinski definition) is 5. The monoisotopic (exact) mass is 368 g/mol. The van der Waals surface area contributed by atoms with Crippen LogP contribution in [0.25, 0.3) is 0 Å². The first-order valence-corrected chi connectivity index (χ1v) is 8.61. The molecule has 0 radical (unpaired) electrons. The lowest BCUT2D eigenvalue weighted by atomic mass is 10.1. The molecule has 0 bridgehead atoms. The van der Waals surface area contributed by atoms with E-state index >= 15 is 0 Å². The summed E-state index contributed by atoms with van der Waals surface area (Å²) >= 11 is 0. The largest absolute Gasteiger partial charge is 0.366 e. The van der Waals surface area contributed by atoms with Crippen LogP contribution in [0.3, 0.4) is 0 Å². The number of carbonyl (C=O) groups excluding carboxylic acids is 2. The predicted octanol–water partition coefficient (Wildman–Crippen LogP) is 2.52. The van der Waals surface area contributed by atoms with Gasteiger partial charge in [-0.05, 0) is 24.3 Å². The highest BCUT2D eigenvalue weighted by Crippen LogP contribution is 2.27. The zero-order chi connectivity index (χ0) is 19.4. The first kappa shape index (κ1) is 18.4. The number of nitrogens with one attached hydrogen (secondary N) is 1. The van der Waals surface area contributed by atoms with Crippen LogP contribution >= 0.6 is 0 Å². The SMILES string of the molecule is CC(=O)N1CCN(c2ccccc2NC(=O)c2ccc([N+](=O)[O-])cc2)CC1. The summed E-state index contributed by atoms with van der Waals surface area (Å²) in [5, 5.41) is 13.6. The van der Waals surface area contributed by atoms with Crippen LogP contribution in [-0.2, 0) is 4.79 Å². The van der Waals surface area contributed by atoms with Gasteiger partial charge in [-0.1, -0.05) is 12.1 Å². The summed E-state index contributed by atoms with van der Waals surface area (Å²) in [6, 6.07) is 13.0. The maximum absolute atomic E-state index is 12.5.